The molecule has 18 heavy (non-hydrogen) atoms. The summed E-state index contributed by atoms with van der Waals surface area (Å²) in [6.45, 7) is -3.24. The van der Waals surface area contributed by atoms with Crippen molar-refractivity contribution in [2.24, 2.45) is 0 Å². The first kappa shape index (κ1) is 14.1. The molecule has 0 aliphatic carbocycles. The van der Waals surface area contributed by atoms with Gasteiger partial charge >= 0.3 is 12.6 Å². The van der Waals surface area contributed by atoms with E-state index in [0.717, 1.165) is 6.07 Å². The fraction of sp³-hybridized carbons (Fsp3) is 0.222. The average molecular weight is 282 g/mol. The Morgan fingerprint density at radius 2 is 2.17 bits per heavy atom. The van der Waals surface area contributed by atoms with Crippen molar-refractivity contribution in [2.75, 3.05) is 0 Å². The number of carboxylic acid groups (broad SMARTS) is 1. The largest absolute Gasteiger partial charge is 0.478 e. The lowest BCUT2D eigenvalue weighted by atomic mass is 10.1. The summed E-state index contributed by atoms with van der Waals surface area (Å²) in [7, 11) is 0. The smallest absolute Gasteiger partial charge is 0.387 e. The van der Waals surface area contributed by atoms with Crippen molar-refractivity contribution in [1.29, 1.82) is 0 Å². The van der Waals surface area contributed by atoms with E-state index in [1.807, 2.05) is 0 Å². The fourth-order valence-electron chi connectivity index (χ4n) is 1.25. The van der Waals surface area contributed by atoms with Crippen molar-refractivity contribution in [3.63, 3.8) is 0 Å². The molecule has 0 atom stereocenters. The summed E-state index contributed by atoms with van der Waals surface area (Å²) in [5.74, 6) is -2.62. The first-order valence-electron chi connectivity index (χ1n) is 4.42. The van der Waals surface area contributed by atoms with Crippen LogP contribution in [0.3, 0.4) is 0 Å². The highest BCUT2D eigenvalue weighted by Gasteiger charge is 2.23. The Morgan fingerprint density at radius 1 is 1.56 bits per heavy atom. The van der Waals surface area contributed by atoms with Crippen LogP contribution in [0.1, 0.15) is 15.9 Å². The Bertz CT molecular complexity index is 494. The second kappa shape index (κ2) is 5.58. The molecule has 1 aromatic carbocycles. The molecule has 0 saturated carbocycles. The number of carbonyl (C=O) groups is 1. The van der Waals surface area contributed by atoms with E-state index in [-0.39, 0.29) is 11.4 Å². The maximum absolute atomic E-state index is 12.1. The van der Waals surface area contributed by atoms with Crippen molar-refractivity contribution < 1.29 is 28.3 Å². The van der Waals surface area contributed by atoms with Gasteiger partial charge in [-0.25, -0.2) is 4.79 Å². The summed E-state index contributed by atoms with van der Waals surface area (Å²) in [5, 5.41) is 19.4. The van der Waals surface area contributed by atoms with Gasteiger partial charge in [-0.1, -0.05) is 0 Å². The minimum Gasteiger partial charge on any atom is -0.478 e. The zero-order chi connectivity index (χ0) is 13.9. The summed E-state index contributed by atoms with van der Waals surface area (Å²) >= 11 is 5.42. The number of hydrogen-bond donors (Lipinski definition) is 1. The third-order valence-corrected chi connectivity index (χ3v) is 2.26. The lowest BCUT2D eigenvalue weighted by molar-refractivity contribution is -0.385. The molecular formula is C9H6ClF2NO5. The molecule has 0 unspecified atom stereocenters. The average Bonchev–Trinajstić information content (AvgIpc) is 2.26. The predicted molar refractivity (Wildman–Crippen MR) is 56.2 cm³/mol. The van der Waals surface area contributed by atoms with Gasteiger partial charge in [-0.15, -0.1) is 11.6 Å². The summed E-state index contributed by atoms with van der Waals surface area (Å²) in [4.78, 5) is 20.6. The molecule has 0 spiro atoms. The molecule has 0 saturated heterocycles. The molecule has 0 bridgehead atoms. The normalized spacial score (nSPS) is 10.4. The van der Waals surface area contributed by atoms with E-state index in [1.54, 1.807) is 0 Å². The second-order valence-electron chi connectivity index (χ2n) is 3.05. The molecule has 1 N–H and O–H groups in total. The second-order valence-corrected chi connectivity index (χ2v) is 3.32. The van der Waals surface area contributed by atoms with Gasteiger partial charge in [0.2, 0.25) is 0 Å². The molecule has 0 radical (unpaired) electrons. The minimum absolute atomic E-state index is 0.109. The van der Waals surface area contributed by atoms with Crippen LogP contribution in [0.15, 0.2) is 12.1 Å². The number of benzene rings is 1. The SMILES string of the molecule is O=C(O)c1cc([N+](=O)[O-])c(CCl)cc1OC(F)F. The van der Waals surface area contributed by atoms with Crippen molar-refractivity contribution in [3.05, 3.63) is 33.4 Å². The van der Waals surface area contributed by atoms with Gasteiger partial charge in [0.05, 0.1) is 10.8 Å². The van der Waals surface area contributed by atoms with E-state index in [2.05, 4.69) is 4.74 Å². The van der Waals surface area contributed by atoms with Crippen LogP contribution in [0, 0.1) is 10.1 Å². The molecule has 9 heteroatoms. The van der Waals surface area contributed by atoms with Gasteiger partial charge in [-0.05, 0) is 6.07 Å². The number of hydrogen-bond acceptors (Lipinski definition) is 4. The molecule has 0 fully saturated rings. The van der Waals surface area contributed by atoms with Gasteiger partial charge in [0.25, 0.3) is 5.69 Å². The van der Waals surface area contributed by atoms with Gasteiger partial charge < -0.3 is 9.84 Å². The number of rotatable bonds is 5. The molecule has 6 nitrogen and oxygen atoms in total. The van der Waals surface area contributed by atoms with E-state index < -0.39 is 34.5 Å². The molecule has 1 aromatic rings. The Kier molecular flexibility index (Phi) is 4.38. The highest BCUT2D eigenvalue weighted by Crippen LogP contribution is 2.31. The number of nitro benzene ring substituents is 1. The molecule has 0 aromatic heterocycles. The standard InChI is InChI=1S/C9H6ClF2NO5/c10-3-4-1-7(18-9(11)12)5(8(14)15)2-6(4)13(16)17/h1-2,9H,3H2,(H,14,15). The van der Waals surface area contributed by atoms with Gasteiger partial charge in [0.15, 0.2) is 0 Å². The van der Waals surface area contributed by atoms with Crippen LogP contribution in [-0.2, 0) is 5.88 Å². The number of ether oxygens (including phenoxy) is 1. The number of nitro groups is 1. The van der Waals surface area contributed by atoms with Crippen LogP contribution in [0.2, 0.25) is 0 Å². The third-order valence-electron chi connectivity index (χ3n) is 1.97. The Hall–Kier alpha value is -1.96. The van der Waals surface area contributed by atoms with E-state index in [9.17, 15) is 23.7 Å². The Morgan fingerprint density at radius 3 is 2.56 bits per heavy atom. The maximum Gasteiger partial charge on any atom is 0.387 e. The number of alkyl halides is 3. The van der Waals surface area contributed by atoms with Crippen LogP contribution in [0.25, 0.3) is 0 Å². The lowest BCUT2D eigenvalue weighted by Gasteiger charge is -2.09. The van der Waals surface area contributed by atoms with Gasteiger partial charge in [-0.2, -0.15) is 8.78 Å². The zero-order valence-electron chi connectivity index (χ0n) is 8.60. The number of halogens is 3. The summed E-state index contributed by atoms with van der Waals surface area (Å²) in [5.41, 5.74) is -1.40. The molecule has 98 valence electrons. The number of nitrogens with zero attached hydrogens (tertiary/aromatic N) is 1. The molecule has 0 amide bonds. The molecule has 0 aliphatic rings. The lowest BCUT2D eigenvalue weighted by Crippen LogP contribution is -2.09. The Labute approximate surface area is 104 Å². The molecule has 0 heterocycles. The summed E-state index contributed by atoms with van der Waals surface area (Å²) in [6.07, 6.45) is 0. The van der Waals surface area contributed by atoms with Gasteiger partial charge in [-0.3, -0.25) is 10.1 Å². The Balaban J connectivity index is 3.41. The van der Waals surface area contributed by atoms with Gasteiger partial charge in [0.1, 0.15) is 11.3 Å². The van der Waals surface area contributed by atoms with E-state index in [1.165, 1.54) is 0 Å². The highest BCUT2D eigenvalue weighted by molar-refractivity contribution is 6.17. The molecule has 1 rings (SSSR count). The fourth-order valence-corrected chi connectivity index (χ4v) is 1.46. The first-order chi connectivity index (χ1) is 8.36. The maximum atomic E-state index is 12.1. The van der Waals surface area contributed by atoms with E-state index in [0.29, 0.717) is 6.07 Å². The molecule has 0 aliphatic heterocycles. The van der Waals surface area contributed by atoms with E-state index >= 15 is 0 Å². The van der Waals surface area contributed by atoms with E-state index in [4.69, 9.17) is 16.7 Å². The molecular weight excluding hydrogens is 276 g/mol. The van der Waals surface area contributed by atoms with Gasteiger partial charge in [0, 0.05) is 11.6 Å². The highest BCUT2D eigenvalue weighted by atomic mass is 35.5. The number of carboxylic acids is 1. The van der Waals surface area contributed by atoms with Crippen LogP contribution < -0.4 is 4.74 Å². The predicted octanol–water partition coefficient (Wildman–Crippen LogP) is 2.63. The number of aromatic carboxylic acids is 1. The quantitative estimate of drug-likeness (QED) is 0.509. The van der Waals surface area contributed by atoms with Crippen molar-refractivity contribution in [1.82, 2.24) is 0 Å². The van der Waals surface area contributed by atoms with Crippen molar-refractivity contribution in [2.45, 2.75) is 12.5 Å². The topological polar surface area (TPSA) is 89.7 Å². The van der Waals surface area contributed by atoms with Crippen LogP contribution in [0.4, 0.5) is 14.5 Å². The van der Waals surface area contributed by atoms with Crippen molar-refractivity contribution >= 4 is 23.3 Å². The van der Waals surface area contributed by atoms with Crippen LogP contribution in [-0.4, -0.2) is 22.6 Å². The third kappa shape index (κ3) is 3.04. The summed E-state index contributed by atoms with van der Waals surface area (Å²) < 4.78 is 28.1. The van der Waals surface area contributed by atoms with Crippen LogP contribution in [0.5, 0.6) is 5.75 Å². The minimum atomic E-state index is -3.24. The first-order valence-corrected chi connectivity index (χ1v) is 4.95. The summed E-state index contributed by atoms with van der Waals surface area (Å²) in [6, 6.07) is 1.46. The zero-order valence-corrected chi connectivity index (χ0v) is 9.36. The van der Waals surface area contributed by atoms with Crippen molar-refractivity contribution in [3.8, 4) is 5.75 Å². The van der Waals surface area contributed by atoms with Crippen LogP contribution >= 0.6 is 11.6 Å². The monoisotopic (exact) mass is 281 g/mol.